The summed E-state index contributed by atoms with van der Waals surface area (Å²) in [5.74, 6) is -1.48. The van der Waals surface area contributed by atoms with Crippen LogP contribution in [0.3, 0.4) is 0 Å². The molecule has 0 aliphatic rings. The van der Waals surface area contributed by atoms with E-state index in [0.29, 0.717) is 0 Å². The summed E-state index contributed by atoms with van der Waals surface area (Å²) in [6, 6.07) is 3.75. The van der Waals surface area contributed by atoms with Gasteiger partial charge in [-0.3, -0.25) is 4.79 Å². The van der Waals surface area contributed by atoms with Crippen LogP contribution in [0.25, 0.3) is 6.08 Å². The molecule has 0 fully saturated rings. The van der Waals surface area contributed by atoms with Gasteiger partial charge in [0.05, 0.1) is 0 Å². The standard InChI is InChI=1S/C11H13NO3S/c1-11(2,10(14)15)12-9(13)6-5-8-4-3-7-16-8/h3-7H,1-2H3,(H,12,13)(H,14,15)/b6-5+. The van der Waals surface area contributed by atoms with Gasteiger partial charge in [-0.1, -0.05) is 6.07 Å². The van der Waals surface area contributed by atoms with Crippen molar-refractivity contribution in [3.05, 3.63) is 28.5 Å². The molecule has 4 nitrogen and oxygen atoms in total. The summed E-state index contributed by atoms with van der Waals surface area (Å²) < 4.78 is 0. The highest BCUT2D eigenvalue weighted by Gasteiger charge is 2.27. The van der Waals surface area contributed by atoms with Crippen LogP contribution in [0.5, 0.6) is 0 Å². The summed E-state index contributed by atoms with van der Waals surface area (Å²) in [5, 5.41) is 13.1. The summed E-state index contributed by atoms with van der Waals surface area (Å²) in [4.78, 5) is 23.1. The molecule has 0 saturated heterocycles. The van der Waals surface area contributed by atoms with Gasteiger partial charge in [0, 0.05) is 11.0 Å². The van der Waals surface area contributed by atoms with Crippen molar-refractivity contribution in [3.63, 3.8) is 0 Å². The van der Waals surface area contributed by atoms with E-state index in [-0.39, 0.29) is 0 Å². The van der Waals surface area contributed by atoms with Crippen molar-refractivity contribution >= 4 is 29.3 Å². The maximum atomic E-state index is 11.4. The van der Waals surface area contributed by atoms with Crippen molar-refractivity contribution in [1.29, 1.82) is 0 Å². The Morgan fingerprint density at radius 3 is 2.69 bits per heavy atom. The maximum absolute atomic E-state index is 11.4. The van der Waals surface area contributed by atoms with Crippen molar-refractivity contribution in [2.75, 3.05) is 0 Å². The summed E-state index contributed by atoms with van der Waals surface area (Å²) in [5.41, 5.74) is -1.25. The van der Waals surface area contributed by atoms with Gasteiger partial charge in [0.15, 0.2) is 0 Å². The quantitative estimate of drug-likeness (QED) is 0.786. The third-order valence-corrected chi connectivity index (χ3v) is 2.75. The molecule has 0 saturated carbocycles. The number of amides is 1. The van der Waals surface area contributed by atoms with Gasteiger partial charge in [0.25, 0.3) is 0 Å². The molecule has 0 bridgehead atoms. The van der Waals surface area contributed by atoms with Crippen LogP contribution in [-0.2, 0) is 9.59 Å². The average molecular weight is 239 g/mol. The van der Waals surface area contributed by atoms with Crippen LogP contribution in [-0.4, -0.2) is 22.5 Å². The van der Waals surface area contributed by atoms with Crippen LogP contribution in [0.15, 0.2) is 23.6 Å². The van der Waals surface area contributed by atoms with Gasteiger partial charge in [0.1, 0.15) is 5.54 Å². The molecule has 1 aromatic rings. The number of hydrogen-bond donors (Lipinski definition) is 2. The smallest absolute Gasteiger partial charge is 0.328 e. The molecule has 0 spiro atoms. The van der Waals surface area contributed by atoms with Gasteiger partial charge in [-0.05, 0) is 31.4 Å². The Labute approximate surface area is 97.6 Å². The molecule has 0 unspecified atom stereocenters. The lowest BCUT2D eigenvalue weighted by molar-refractivity contribution is -0.145. The molecular weight excluding hydrogens is 226 g/mol. The first kappa shape index (κ1) is 12.4. The topological polar surface area (TPSA) is 66.4 Å². The maximum Gasteiger partial charge on any atom is 0.328 e. The lowest BCUT2D eigenvalue weighted by atomic mass is 10.1. The monoisotopic (exact) mass is 239 g/mol. The molecule has 0 aromatic carbocycles. The van der Waals surface area contributed by atoms with E-state index in [4.69, 9.17) is 5.11 Å². The van der Waals surface area contributed by atoms with Crippen molar-refractivity contribution in [3.8, 4) is 0 Å². The van der Waals surface area contributed by atoms with E-state index in [9.17, 15) is 9.59 Å². The molecule has 1 aromatic heterocycles. The Balaban J connectivity index is 2.58. The van der Waals surface area contributed by atoms with Crippen molar-refractivity contribution in [2.24, 2.45) is 0 Å². The number of aliphatic carboxylic acids is 1. The van der Waals surface area contributed by atoms with E-state index in [1.54, 1.807) is 6.08 Å². The predicted octanol–water partition coefficient (Wildman–Crippen LogP) is 1.74. The van der Waals surface area contributed by atoms with Crippen LogP contribution in [0.4, 0.5) is 0 Å². The minimum absolute atomic E-state index is 0.416. The number of carbonyl (C=O) groups is 2. The number of carboxylic acids is 1. The molecule has 1 amide bonds. The second-order valence-electron chi connectivity index (χ2n) is 3.77. The van der Waals surface area contributed by atoms with Gasteiger partial charge >= 0.3 is 5.97 Å². The van der Waals surface area contributed by atoms with Crippen LogP contribution in [0.2, 0.25) is 0 Å². The molecule has 5 heteroatoms. The average Bonchev–Trinajstić information content (AvgIpc) is 2.66. The number of nitrogens with one attached hydrogen (secondary N) is 1. The Morgan fingerprint density at radius 2 is 2.19 bits per heavy atom. The molecule has 0 aliphatic heterocycles. The fourth-order valence-electron chi connectivity index (χ4n) is 0.947. The van der Waals surface area contributed by atoms with E-state index in [0.717, 1.165) is 4.88 Å². The number of carbonyl (C=O) groups excluding carboxylic acids is 1. The fourth-order valence-corrected chi connectivity index (χ4v) is 1.57. The normalized spacial score (nSPS) is 11.6. The molecule has 1 heterocycles. The summed E-state index contributed by atoms with van der Waals surface area (Å²) in [7, 11) is 0. The Kier molecular flexibility index (Phi) is 3.84. The predicted molar refractivity (Wildman–Crippen MR) is 63.2 cm³/mol. The Bertz CT molecular complexity index is 407. The van der Waals surface area contributed by atoms with Gasteiger partial charge in [-0.15, -0.1) is 11.3 Å². The zero-order valence-corrected chi connectivity index (χ0v) is 9.88. The molecular formula is C11H13NO3S. The second kappa shape index (κ2) is 4.94. The highest BCUT2D eigenvalue weighted by Crippen LogP contribution is 2.10. The summed E-state index contributed by atoms with van der Waals surface area (Å²) >= 11 is 1.51. The molecule has 16 heavy (non-hydrogen) atoms. The van der Waals surface area contributed by atoms with Crippen LogP contribution < -0.4 is 5.32 Å². The minimum atomic E-state index is -1.25. The summed E-state index contributed by atoms with van der Waals surface area (Å²) in [6.45, 7) is 2.87. The van der Waals surface area contributed by atoms with E-state index >= 15 is 0 Å². The zero-order valence-electron chi connectivity index (χ0n) is 9.06. The fraction of sp³-hybridized carbons (Fsp3) is 0.273. The molecule has 1 rings (SSSR count). The SMILES string of the molecule is CC(C)(NC(=O)/C=C/c1cccs1)C(=O)O. The highest BCUT2D eigenvalue weighted by molar-refractivity contribution is 7.10. The minimum Gasteiger partial charge on any atom is -0.480 e. The first-order valence-electron chi connectivity index (χ1n) is 4.69. The second-order valence-corrected chi connectivity index (χ2v) is 4.75. The lowest BCUT2D eigenvalue weighted by Gasteiger charge is -2.19. The third kappa shape index (κ3) is 3.51. The van der Waals surface area contributed by atoms with Crippen LogP contribution in [0, 0.1) is 0 Å². The third-order valence-electron chi connectivity index (χ3n) is 1.91. The lowest BCUT2D eigenvalue weighted by Crippen LogP contribution is -2.49. The molecule has 0 atom stereocenters. The molecule has 0 aliphatic carbocycles. The van der Waals surface area contributed by atoms with Crippen molar-refractivity contribution in [1.82, 2.24) is 5.32 Å². The van der Waals surface area contributed by atoms with E-state index in [1.165, 1.54) is 31.3 Å². The van der Waals surface area contributed by atoms with Crippen LogP contribution in [0.1, 0.15) is 18.7 Å². The van der Waals surface area contributed by atoms with E-state index in [1.807, 2.05) is 17.5 Å². The van der Waals surface area contributed by atoms with Gasteiger partial charge in [-0.2, -0.15) is 0 Å². The highest BCUT2D eigenvalue weighted by atomic mass is 32.1. The van der Waals surface area contributed by atoms with Gasteiger partial charge in [-0.25, -0.2) is 4.79 Å². The zero-order chi connectivity index (χ0) is 12.2. The largest absolute Gasteiger partial charge is 0.480 e. The number of carboxylic acid groups (broad SMARTS) is 1. The van der Waals surface area contributed by atoms with Crippen molar-refractivity contribution in [2.45, 2.75) is 19.4 Å². The summed E-state index contributed by atoms with van der Waals surface area (Å²) in [6.07, 6.45) is 2.98. The molecule has 2 N–H and O–H groups in total. The van der Waals surface area contributed by atoms with E-state index < -0.39 is 17.4 Å². The van der Waals surface area contributed by atoms with Gasteiger partial charge in [0.2, 0.25) is 5.91 Å². The first-order valence-corrected chi connectivity index (χ1v) is 5.57. The Hall–Kier alpha value is -1.62. The number of rotatable bonds is 4. The van der Waals surface area contributed by atoms with Crippen LogP contribution >= 0.6 is 11.3 Å². The van der Waals surface area contributed by atoms with Gasteiger partial charge < -0.3 is 10.4 Å². The number of hydrogen-bond acceptors (Lipinski definition) is 3. The molecule has 86 valence electrons. The molecule has 0 radical (unpaired) electrons. The first-order chi connectivity index (χ1) is 7.42. The van der Waals surface area contributed by atoms with Crippen molar-refractivity contribution < 1.29 is 14.7 Å². The Morgan fingerprint density at radius 1 is 1.50 bits per heavy atom. The van der Waals surface area contributed by atoms with E-state index in [2.05, 4.69) is 5.32 Å². The number of thiophene rings is 1.